The molecular formula is C24H29NO. The molecule has 1 aliphatic carbocycles. The van der Waals surface area contributed by atoms with Crippen molar-refractivity contribution in [1.29, 1.82) is 0 Å². The Morgan fingerprint density at radius 2 is 1.81 bits per heavy atom. The minimum absolute atomic E-state index is 0.0736. The SMILES string of the molecule is CN(Cc1cccc(C(C)(C)C)c1O)c1ccccc1C1C=CC=CC1. The van der Waals surface area contributed by atoms with E-state index in [0.29, 0.717) is 18.2 Å². The minimum atomic E-state index is -0.0736. The molecule has 0 bridgehead atoms. The van der Waals surface area contributed by atoms with E-state index in [0.717, 1.165) is 17.5 Å². The van der Waals surface area contributed by atoms with Gasteiger partial charge in [0.1, 0.15) is 5.75 Å². The molecule has 0 saturated heterocycles. The first kappa shape index (κ1) is 18.3. The van der Waals surface area contributed by atoms with Gasteiger partial charge < -0.3 is 10.0 Å². The summed E-state index contributed by atoms with van der Waals surface area (Å²) in [5.74, 6) is 0.831. The molecule has 1 aliphatic rings. The third-order valence-corrected chi connectivity index (χ3v) is 5.06. The molecule has 1 unspecified atom stereocenters. The molecule has 3 rings (SSSR count). The number of phenols is 1. The zero-order chi connectivity index (χ0) is 18.7. The number of nitrogens with zero attached hydrogens (tertiary/aromatic N) is 1. The summed E-state index contributed by atoms with van der Waals surface area (Å²) < 4.78 is 0. The Bertz CT molecular complexity index is 826. The van der Waals surface area contributed by atoms with E-state index in [4.69, 9.17) is 0 Å². The maximum atomic E-state index is 10.8. The smallest absolute Gasteiger partial charge is 0.124 e. The molecule has 2 heteroatoms. The molecule has 0 heterocycles. The molecule has 2 aromatic carbocycles. The van der Waals surface area contributed by atoms with Crippen LogP contribution in [0.4, 0.5) is 5.69 Å². The van der Waals surface area contributed by atoms with Crippen molar-refractivity contribution in [2.75, 3.05) is 11.9 Å². The van der Waals surface area contributed by atoms with Gasteiger partial charge in [0, 0.05) is 30.8 Å². The number of hydrogen-bond acceptors (Lipinski definition) is 2. The van der Waals surface area contributed by atoms with Crippen LogP contribution in [0.1, 0.15) is 49.8 Å². The van der Waals surface area contributed by atoms with Gasteiger partial charge in [-0.1, -0.05) is 81.5 Å². The molecule has 0 amide bonds. The first-order valence-electron chi connectivity index (χ1n) is 9.32. The molecule has 0 radical (unpaired) electrons. The lowest BCUT2D eigenvalue weighted by Crippen LogP contribution is -2.20. The Labute approximate surface area is 157 Å². The largest absolute Gasteiger partial charge is 0.507 e. The number of hydrogen-bond donors (Lipinski definition) is 1. The van der Waals surface area contributed by atoms with Crippen molar-refractivity contribution < 1.29 is 5.11 Å². The zero-order valence-electron chi connectivity index (χ0n) is 16.2. The molecule has 1 N–H and O–H groups in total. The summed E-state index contributed by atoms with van der Waals surface area (Å²) in [6.45, 7) is 7.08. The standard InChI is InChI=1S/C24H29NO/c1-24(2,3)21-15-10-13-19(23(21)26)17-25(4)22-16-9-8-14-20(22)18-11-6-5-7-12-18/h5-11,13-16,18,26H,12,17H2,1-4H3. The summed E-state index contributed by atoms with van der Waals surface area (Å²) in [5.41, 5.74) is 4.45. The maximum absolute atomic E-state index is 10.8. The first-order chi connectivity index (χ1) is 12.4. The Balaban J connectivity index is 1.89. The highest BCUT2D eigenvalue weighted by Gasteiger charge is 2.21. The van der Waals surface area contributed by atoms with E-state index < -0.39 is 0 Å². The molecule has 0 spiro atoms. The van der Waals surface area contributed by atoms with E-state index >= 15 is 0 Å². The van der Waals surface area contributed by atoms with Crippen LogP contribution in [0, 0.1) is 0 Å². The Morgan fingerprint density at radius 1 is 1.04 bits per heavy atom. The van der Waals surface area contributed by atoms with Crippen molar-refractivity contribution in [3.8, 4) is 5.75 Å². The average Bonchev–Trinajstić information content (AvgIpc) is 2.63. The average molecular weight is 348 g/mol. The fraction of sp³-hybridized carbons (Fsp3) is 0.333. The molecule has 0 aliphatic heterocycles. The highest BCUT2D eigenvalue weighted by Crippen LogP contribution is 2.36. The van der Waals surface area contributed by atoms with Crippen LogP contribution in [-0.4, -0.2) is 12.2 Å². The molecule has 26 heavy (non-hydrogen) atoms. The third kappa shape index (κ3) is 3.85. The van der Waals surface area contributed by atoms with Gasteiger partial charge in [-0.05, 0) is 29.0 Å². The van der Waals surface area contributed by atoms with Crippen LogP contribution in [0.3, 0.4) is 0 Å². The van der Waals surface area contributed by atoms with Crippen LogP contribution in [0.25, 0.3) is 0 Å². The maximum Gasteiger partial charge on any atom is 0.124 e. The van der Waals surface area contributed by atoms with Gasteiger partial charge in [-0.25, -0.2) is 0 Å². The number of rotatable bonds is 4. The molecule has 2 aromatic rings. The van der Waals surface area contributed by atoms with E-state index in [1.807, 2.05) is 18.2 Å². The number of benzene rings is 2. The summed E-state index contributed by atoms with van der Waals surface area (Å²) in [7, 11) is 2.10. The van der Waals surface area contributed by atoms with Gasteiger partial charge in [0.25, 0.3) is 0 Å². The molecule has 0 saturated carbocycles. The number of aromatic hydroxyl groups is 1. The first-order valence-corrected chi connectivity index (χ1v) is 9.32. The number of phenolic OH excluding ortho intramolecular Hbond substituents is 1. The number of allylic oxidation sites excluding steroid dienone is 4. The van der Waals surface area contributed by atoms with E-state index in [9.17, 15) is 5.11 Å². The topological polar surface area (TPSA) is 23.5 Å². The summed E-state index contributed by atoms with van der Waals surface area (Å²) in [4.78, 5) is 2.24. The molecule has 1 atom stereocenters. The fourth-order valence-corrected chi connectivity index (χ4v) is 3.62. The van der Waals surface area contributed by atoms with Crippen LogP contribution in [0.5, 0.6) is 5.75 Å². The summed E-state index contributed by atoms with van der Waals surface area (Å²) >= 11 is 0. The van der Waals surface area contributed by atoms with Crippen LogP contribution >= 0.6 is 0 Å². The molecule has 0 aromatic heterocycles. The second-order valence-corrected chi connectivity index (χ2v) is 8.13. The van der Waals surface area contributed by atoms with Crippen molar-refractivity contribution in [2.45, 2.75) is 45.1 Å². The summed E-state index contributed by atoms with van der Waals surface area (Å²) in [6.07, 6.45) is 9.76. The fourth-order valence-electron chi connectivity index (χ4n) is 3.62. The van der Waals surface area contributed by atoms with Gasteiger partial charge in [0.2, 0.25) is 0 Å². The molecular weight excluding hydrogens is 318 g/mol. The van der Waals surface area contributed by atoms with Crippen LogP contribution in [0.15, 0.2) is 66.8 Å². The highest BCUT2D eigenvalue weighted by molar-refractivity contribution is 5.57. The predicted octanol–water partition coefficient (Wildman–Crippen LogP) is 5.93. The van der Waals surface area contributed by atoms with E-state index in [2.05, 4.69) is 81.3 Å². The minimum Gasteiger partial charge on any atom is -0.507 e. The number of para-hydroxylation sites is 2. The highest BCUT2D eigenvalue weighted by atomic mass is 16.3. The summed E-state index contributed by atoms with van der Waals surface area (Å²) in [6, 6.07) is 14.7. The normalized spacial score (nSPS) is 16.7. The second kappa shape index (κ2) is 7.41. The summed E-state index contributed by atoms with van der Waals surface area (Å²) in [5, 5.41) is 10.8. The van der Waals surface area contributed by atoms with Gasteiger partial charge in [0.05, 0.1) is 0 Å². The lowest BCUT2D eigenvalue weighted by Gasteiger charge is -2.27. The van der Waals surface area contributed by atoms with E-state index in [1.54, 1.807) is 0 Å². The molecule has 136 valence electrons. The Morgan fingerprint density at radius 3 is 2.50 bits per heavy atom. The van der Waals surface area contributed by atoms with Crippen molar-refractivity contribution in [3.63, 3.8) is 0 Å². The monoisotopic (exact) mass is 347 g/mol. The van der Waals surface area contributed by atoms with Gasteiger partial charge in [-0.15, -0.1) is 0 Å². The Kier molecular flexibility index (Phi) is 5.22. The van der Waals surface area contributed by atoms with Crippen LogP contribution < -0.4 is 4.90 Å². The van der Waals surface area contributed by atoms with Crippen molar-refractivity contribution in [1.82, 2.24) is 0 Å². The van der Waals surface area contributed by atoms with Gasteiger partial charge in [0.15, 0.2) is 0 Å². The van der Waals surface area contributed by atoms with Crippen molar-refractivity contribution >= 4 is 5.69 Å². The Hall–Kier alpha value is -2.48. The van der Waals surface area contributed by atoms with E-state index in [-0.39, 0.29) is 5.41 Å². The van der Waals surface area contributed by atoms with Gasteiger partial charge >= 0.3 is 0 Å². The number of anilines is 1. The zero-order valence-corrected chi connectivity index (χ0v) is 16.2. The van der Waals surface area contributed by atoms with Crippen LogP contribution in [0.2, 0.25) is 0 Å². The third-order valence-electron chi connectivity index (χ3n) is 5.06. The van der Waals surface area contributed by atoms with Gasteiger partial charge in [-0.3, -0.25) is 0 Å². The lowest BCUT2D eigenvalue weighted by molar-refractivity contribution is 0.440. The van der Waals surface area contributed by atoms with E-state index in [1.165, 1.54) is 11.3 Å². The predicted molar refractivity (Wildman–Crippen MR) is 111 cm³/mol. The second-order valence-electron chi connectivity index (χ2n) is 8.13. The molecule has 0 fully saturated rings. The van der Waals surface area contributed by atoms with Crippen molar-refractivity contribution in [2.24, 2.45) is 0 Å². The quantitative estimate of drug-likeness (QED) is 0.741. The van der Waals surface area contributed by atoms with Gasteiger partial charge in [-0.2, -0.15) is 0 Å². The lowest BCUT2D eigenvalue weighted by atomic mass is 9.85. The van der Waals surface area contributed by atoms with Crippen molar-refractivity contribution in [3.05, 3.63) is 83.5 Å². The van der Waals surface area contributed by atoms with Crippen LogP contribution in [-0.2, 0) is 12.0 Å². The molecule has 2 nitrogen and oxygen atoms in total.